The molecule has 0 saturated heterocycles. The number of thioether (sulfide) groups is 1. The number of hydrogen-bond acceptors (Lipinski definition) is 6. The Morgan fingerprint density at radius 1 is 1.00 bits per heavy atom. The number of ether oxygens (including phenoxy) is 2. The lowest BCUT2D eigenvalue weighted by Crippen LogP contribution is -2.41. The van der Waals surface area contributed by atoms with Gasteiger partial charge in [0.15, 0.2) is 11.5 Å². The van der Waals surface area contributed by atoms with Gasteiger partial charge in [0.1, 0.15) is 25.6 Å². The molecule has 35 heavy (non-hydrogen) atoms. The molecule has 0 aliphatic carbocycles. The van der Waals surface area contributed by atoms with Crippen molar-refractivity contribution in [3.63, 3.8) is 0 Å². The van der Waals surface area contributed by atoms with Gasteiger partial charge in [-0.15, -0.1) is 11.8 Å². The number of carbonyl (C=O) groups is 1. The van der Waals surface area contributed by atoms with E-state index in [1.165, 1.54) is 35.9 Å². The first-order valence-corrected chi connectivity index (χ1v) is 13.4. The van der Waals surface area contributed by atoms with Crippen LogP contribution in [0.4, 0.5) is 10.1 Å². The number of benzene rings is 3. The second-order valence-electron chi connectivity index (χ2n) is 7.81. The van der Waals surface area contributed by atoms with Crippen molar-refractivity contribution in [3.05, 3.63) is 78.1 Å². The van der Waals surface area contributed by atoms with Crippen molar-refractivity contribution in [3.8, 4) is 11.5 Å². The van der Waals surface area contributed by atoms with Crippen molar-refractivity contribution >= 4 is 33.4 Å². The predicted molar refractivity (Wildman–Crippen MR) is 133 cm³/mol. The van der Waals surface area contributed by atoms with Crippen LogP contribution in [0.3, 0.4) is 0 Å². The Morgan fingerprint density at radius 2 is 1.69 bits per heavy atom. The minimum absolute atomic E-state index is 0.0613. The molecule has 0 atom stereocenters. The van der Waals surface area contributed by atoms with E-state index in [9.17, 15) is 17.6 Å². The van der Waals surface area contributed by atoms with Gasteiger partial charge in [-0.3, -0.25) is 9.10 Å². The largest absolute Gasteiger partial charge is 0.486 e. The topological polar surface area (TPSA) is 84.9 Å². The first kappa shape index (κ1) is 24.9. The van der Waals surface area contributed by atoms with Crippen molar-refractivity contribution in [1.29, 1.82) is 0 Å². The van der Waals surface area contributed by atoms with E-state index < -0.39 is 28.3 Å². The summed E-state index contributed by atoms with van der Waals surface area (Å²) < 4.78 is 52.5. The van der Waals surface area contributed by atoms with Crippen LogP contribution in [0.5, 0.6) is 11.5 Å². The molecule has 0 radical (unpaired) electrons. The molecule has 1 aliphatic heterocycles. The van der Waals surface area contributed by atoms with Crippen LogP contribution >= 0.6 is 11.8 Å². The molecule has 0 bridgehead atoms. The Labute approximate surface area is 208 Å². The summed E-state index contributed by atoms with van der Waals surface area (Å²) in [7, 11) is -4.16. The minimum atomic E-state index is -4.16. The molecule has 1 amide bonds. The van der Waals surface area contributed by atoms with E-state index in [-0.39, 0.29) is 10.6 Å². The molecule has 7 nitrogen and oxygen atoms in total. The molecule has 0 aromatic heterocycles. The normalized spacial score (nSPS) is 12.7. The van der Waals surface area contributed by atoms with Crippen molar-refractivity contribution < 1.29 is 27.1 Å². The van der Waals surface area contributed by atoms with Gasteiger partial charge in [-0.05, 0) is 55.5 Å². The van der Waals surface area contributed by atoms with Gasteiger partial charge in [-0.1, -0.05) is 17.7 Å². The molecule has 4 rings (SSSR count). The Bertz CT molecular complexity index is 1280. The molecular formula is C25H25FN2O5S2. The zero-order valence-electron chi connectivity index (χ0n) is 19.1. The highest BCUT2D eigenvalue weighted by atomic mass is 32.2. The van der Waals surface area contributed by atoms with E-state index in [2.05, 4.69) is 5.32 Å². The number of rotatable bonds is 9. The van der Waals surface area contributed by atoms with Crippen molar-refractivity contribution in [2.24, 2.45) is 0 Å². The van der Waals surface area contributed by atoms with Gasteiger partial charge in [-0.2, -0.15) is 0 Å². The molecule has 0 unspecified atom stereocenters. The van der Waals surface area contributed by atoms with Crippen molar-refractivity contribution in [1.82, 2.24) is 5.32 Å². The molecule has 3 aromatic carbocycles. The zero-order chi connectivity index (χ0) is 24.8. The second kappa shape index (κ2) is 11.0. The number of anilines is 1. The molecule has 1 aliphatic rings. The van der Waals surface area contributed by atoms with Crippen molar-refractivity contribution in [2.75, 3.05) is 36.4 Å². The summed E-state index contributed by atoms with van der Waals surface area (Å²) in [6, 6.07) is 17.3. The van der Waals surface area contributed by atoms with Crippen LogP contribution in [0.2, 0.25) is 0 Å². The van der Waals surface area contributed by atoms with Crippen LogP contribution in [0.15, 0.2) is 76.5 Å². The van der Waals surface area contributed by atoms with E-state index in [0.29, 0.717) is 37.0 Å². The minimum Gasteiger partial charge on any atom is -0.486 e. The zero-order valence-corrected chi connectivity index (χ0v) is 20.7. The lowest BCUT2D eigenvalue weighted by molar-refractivity contribution is -0.119. The molecule has 0 fully saturated rings. The standard InChI is InChI=1S/C25H25FN2O5S2/c1-18-2-8-21(9-3-18)34-15-12-27-25(29)17-28(20-6-4-19(26)5-7-20)35(30,31)22-10-11-23-24(16-22)33-14-13-32-23/h2-11,16H,12-15,17H2,1H3,(H,27,29). The number of halogens is 1. The average Bonchev–Trinajstić information content (AvgIpc) is 2.86. The number of carbonyl (C=O) groups excluding carboxylic acids is 1. The number of sulfonamides is 1. The van der Waals surface area contributed by atoms with Crippen LogP contribution in [0.1, 0.15) is 5.56 Å². The lowest BCUT2D eigenvalue weighted by Gasteiger charge is -2.25. The molecule has 184 valence electrons. The van der Waals surface area contributed by atoms with E-state index in [4.69, 9.17) is 9.47 Å². The maximum Gasteiger partial charge on any atom is 0.264 e. The highest BCUT2D eigenvalue weighted by molar-refractivity contribution is 7.99. The average molecular weight is 517 g/mol. The van der Waals surface area contributed by atoms with Gasteiger partial charge in [0.2, 0.25) is 5.91 Å². The van der Waals surface area contributed by atoms with E-state index >= 15 is 0 Å². The first-order chi connectivity index (χ1) is 16.8. The Morgan fingerprint density at radius 3 is 2.40 bits per heavy atom. The number of amides is 1. The number of fused-ring (bicyclic) bond motifs is 1. The smallest absolute Gasteiger partial charge is 0.264 e. The maximum absolute atomic E-state index is 13.5. The van der Waals surface area contributed by atoms with Gasteiger partial charge < -0.3 is 14.8 Å². The van der Waals surface area contributed by atoms with Gasteiger partial charge in [-0.25, -0.2) is 12.8 Å². The van der Waals surface area contributed by atoms with Crippen molar-refractivity contribution in [2.45, 2.75) is 16.7 Å². The first-order valence-electron chi connectivity index (χ1n) is 11.0. The predicted octanol–water partition coefficient (Wildman–Crippen LogP) is 4.01. The molecule has 0 saturated carbocycles. The van der Waals surface area contributed by atoms with Gasteiger partial charge in [0.25, 0.3) is 10.0 Å². The summed E-state index contributed by atoms with van der Waals surface area (Å²) in [6.45, 7) is 2.60. The van der Waals surface area contributed by atoms with Gasteiger partial charge >= 0.3 is 0 Å². The fourth-order valence-corrected chi connectivity index (χ4v) is 5.62. The number of nitrogens with one attached hydrogen (secondary N) is 1. The third-order valence-corrected chi connectivity index (χ3v) is 8.00. The Hall–Kier alpha value is -3.24. The van der Waals surface area contributed by atoms with Gasteiger partial charge in [0.05, 0.1) is 10.6 Å². The summed E-state index contributed by atoms with van der Waals surface area (Å²) in [4.78, 5) is 13.7. The second-order valence-corrected chi connectivity index (χ2v) is 10.8. The lowest BCUT2D eigenvalue weighted by atomic mass is 10.2. The monoisotopic (exact) mass is 516 g/mol. The van der Waals surface area contributed by atoms with Crippen LogP contribution in [0, 0.1) is 12.7 Å². The number of nitrogens with zero attached hydrogens (tertiary/aromatic N) is 1. The molecule has 0 spiro atoms. The summed E-state index contributed by atoms with van der Waals surface area (Å²) in [5, 5.41) is 2.76. The third-order valence-electron chi connectivity index (χ3n) is 5.22. The Balaban J connectivity index is 1.48. The summed E-state index contributed by atoms with van der Waals surface area (Å²) in [5.41, 5.74) is 1.34. The molecule has 1 heterocycles. The van der Waals surface area contributed by atoms with Crippen LogP contribution in [0.25, 0.3) is 0 Å². The fraction of sp³-hybridized carbons (Fsp3) is 0.240. The molecular weight excluding hydrogens is 491 g/mol. The fourth-order valence-electron chi connectivity index (χ4n) is 3.41. The maximum atomic E-state index is 13.5. The molecule has 1 N–H and O–H groups in total. The van der Waals surface area contributed by atoms with Crippen LogP contribution < -0.4 is 19.1 Å². The van der Waals surface area contributed by atoms with Gasteiger partial charge in [0, 0.05) is 23.3 Å². The highest BCUT2D eigenvalue weighted by Crippen LogP contribution is 2.34. The summed E-state index contributed by atoms with van der Waals surface area (Å²) in [5.74, 6) is 0.407. The number of hydrogen-bond donors (Lipinski definition) is 1. The highest BCUT2D eigenvalue weighted by Gasteiger charge is 2.29. The van der Waals surface area contributed by atoms with E-state index in [1.54, 1.807) is 11.8 Å². The number of aryl methyl sites for hydroxylation is 1. The van der Waals surface area contributed by atoms with E-state index in [1.807, 2.05) is 31.2 Å². The SMILES string of the molecule is Cc1ccc(SCCNC(=O)CN(c2ccc(F)cc2)S(=O)(=O)c2ccc3c(c2)OCCO3)cc1. The molecule has 10 heteroatoms. The Kier molecular flexibility index (Phi) is 7.82. The summed E-state index contributed by atoms with van der Waals surface area (Å²) in [6.07, 6.45) is 0. The third kappa shape index (κ3) is 6.26. The van der Waals surface area contributed by atoms with Crippen LogP contribution in [-0.2, 0) is 14.8 Å². The summed E-state index contributed by atoms with van der Waals surface area (Å²) >= 11 is 1.59. The molecule has 3 aromatic rings. The van der Waals surface area contributed by atoms with E-state index in [0.717, 1.165) is 21.3 Å². The quantitative estimate of drug-likeness (QED) is 0.342. The van der Waals surface area contributed by atoms with Crippen LogP contribution in [-0.4, -0.2) is 46.4 Å².